The molecule has 0 aliphatic heterocycles. The molecular weight excluding hydrogens is 280 g/mol. The number of nitrogens with zero attached hydrogens (tertiary/aromatic N) is 3. The van der Waals surface area contributed by atoms with E-state index in [1.807, 2.05) is 47.4 Å². The molecule has 5 heteroatoms. The second-order valence-corrected chi connectivity index (χ2v) is 6.01. The van der Waals surface area contributed by atoms with Gasteiger partial charge in [0.2, 0.25) is 0 Å². The Morgan fingerprint density at radius 3 is 2.76 bits per heavy atom. The predicted molar refractivity (Wildman–Crippen MR) is 85.6 cm³/mol. The molecule has 0 bridgehead atoms. The van der Waals surface area contributed by atoms with Gasteiger partial charge in [-0.1, -0.05) is 25.1 Å². The zero-order valence-electron chi connectivity index (χ0n) is 12.0. The summed E-state index contributed by atoms with van der Waals surface area (Å²) >= 11 is 1.78. The third-order valence-corrected chi connectivity index (χ3v) is 4.35. The van der Waals surface area contributed by atoms with Crippen molar-refractivity contribution in [2.45, 2.75) is 26.4 Å². The van der Waals surface area contributed by atoms with Crippen LogP contribution in [0.3, 0.4) is 0 Å². The minimum absolute atomic E-state index is 0.799. The maximum Gasteiger partial charge on any atom is 0.107 e. The quantitative estimate of drug-likeness (QED) is 0.760. The van der Waals surface area contributed by atoms with Gasteiger partial charge in [0, 0.05) is 35.9 Å². The van der Waals surface area contributed by atoms with E-state index >= 15 is 0 Å². The Labute approximate surface area is 128 Å². The van der Waals surface area contributed by atoms with Gasteiger partial charge >= 0.3 is 0 Å². The van der Waals surface area contributed by atoms with Crippen LogP contribution in [0.25, 0.3) is 5.69 Å². The Morgan fingerprint density at radius 2 is 2.00 bits per heavy atom. The fourth-order valence-corrected chi connectivity index (χ4v) is 2.91. The van der Waals surface area contributed by atoms with Gasteiger partial charge in [-0.25, -0.2) is 9.67 Å². The molecule has 2 aromatic heterocycles. The maximum absolute atomic E-state index is 4.41. The van der Waals surface area contributed by atoms with Gasteiger partial charge in [-0.05, 0) is 18.6 Å². The monoisotopic (exact) mass is 298 g/mol. The van der Waals surface area contributed by atoms with E-state index in [9.17, 15) is 0 Å². The van der Waals surface area contributed by atoms with Crippen molar-refractivity contribution >= 4 is 11.3 Å². The smallest absolute Gasteiger partial charge is 0.107 e. The van der Waals surface area contributed by atoms with Gasteiger partial charge in [0.05, 0.1) is 11.9 Å². The van der Waals surface area contributed by atoms with E-state index in [0.717, 1.165) is 30.2 Å². The van der Waals surface area contributed by atoms with Crippen molar-refractivity contribution < 1.29 is 0 Å². The van der Waals surface area contributed by atoms with Gasteiger partial charge in [-0.3, -0.25) is 0 Å². The first-order chi connectivity index (χ1) is 10.3. The zero-order chi connectivity index (χ0) is 14.5. The molecule has 21 heavy (non-hydrogen) atoms. The number of aromatic nitrogens is 3. The second kappa shape index (κ2) is 6.65. The van der Waals surface area contributed by atoms with E-state index in [4.69, 9.17) is 0 Å². The van der Waals surface area contributed by atoms with E-state index in [0.29, 0.717) is 0 Å². The van der Waals surface area contributed by atoms with Crippen LogP contribution in [0.2, 0.25) is 0 Å². The number of para-hydroxylation sites is 1. The summed E-state index contributed by atoms with van der Waals surface area (Å²) < 4.78 is 1.90. The summed E-state index contributed by atoms with van der Waals surface area (Å²) in [5, 5.41) is 8.95. The molecule has 0 spiro atoms. The van der Waals surface area contributed by atoms with E-state index in [-0.39, 0.29) is 0 Å². The minimum atomic E-state index is 0.799. The van der Waals surface area contributed by atoms with Crippen molar-refractivity contribution in [2.24, 2.45) is 0 Å². The van der Waals surface area contributed by atoms with Crippen LogP contribution in [0.1, 0.15) is 22.4 Å². The summed E-state index contributed by atoms with van der Waals surface area (Å²) in [7, 11) is 0. The van der Waals surface area contributed by atoms with Crippen LogP contribution >= 0.6 is 11.3 Å². The Bertz CT molecular complexity index is 687. The number of aryl methyl sites for hydroxylation is 1. The molecule has 0 saturated heterocycles. The second-order valence-electron chi connectivity index (χ2n) is 4.81. The summed E-state index contributed by atoms with van der Waals surface area (Å²) in [6, 6.07) is 10.1. The third-order valence-electron chi connectivity index (χ3n) is 3.21. The Balaban J connectivity index is 1.55. The van der Waals surface area contributed by atoms with Crippen LogP contribution in [0.5, 0.6) is 0 Å². The largest absolute Gasteiger partial charge is 0.306 e. The fourth-order valence-electron chi connectivity index (χ4n) is 2.08. The zero-order valence-corrected chi connectivity index (χ0v) is 12.8. The Hall–Kier alpha value is -1.98. The highest BCUT2D eigenvalue weighted by atomic mass is 32.1. The van der Waals surface area contributed by atoms with E-state index in [1.54, 1.807) is 11.3 Å². The van der Waals surface area contributed by atoms with Crippen LogP contribution in [-0.4, -0.2) is 14.8 Å². The molecule has 1 aromatic carbocycles. The first-order valence-electron chi connectivity index (χ1n) is 7.08. The molecule has 0 radical (unpaired) electrons. The Kier molecular flexibility index (Phi) is 4.43. The van der Waals surface area contributed by atoms with Gasteiger partial charge in [-0.2, -0.15) is 5.10 Å². The highest BCUT2D eigenvalue weighted by molar-refractivity contribution is 7.11. The third kappa shape index (κ3) is 3.56. The molecule has 0 aliphatic rings. The highest BCUT2D eigenvalue weighted by Crippen LogP contribution is 2.13. The molecule has 0 atom stereocenters. The average molecular weight is 298 g/mol. The molecule has 2 heterocycles. The van der Waals surface area contributed by atoms with Crippen LogP contribution in [-0.2, 0) is 19.5 Å². The van der Waals surface area contributed by atoms with Crippen LogP contribution < -0.4 is 5.32 Å². The van der Waals surface area contributed by atoms with Crippen LogP contribution in [0, 0.1) is 0 Å². The lowest BCUT2D eigenvalue weighted by Crippen LogP contribution is -2.11. The molecule has 0 unspecified atom stereocenters. The van der Waals surface area contributed by atoms with Crippen LogP contribution in [0.15, 0.2) is 48.9 Å². The molecule has 0 aliphatic carbocycles. The normalized spacial score (nSPS) is 10.9. The van der Waals surface area contributed by atoms with E-state index < -0.39 is 0 Å². The van der Waals surface area contributed by atoms with Crippen molar-refractivity contribution in [1.82, 2.24) is 20.1 Å². The fraction of sp³-hybridized carbons (Fsp3) is 0.250. The Morgan fingerprint density at radius 1 is 1.14 bits per heavy atom. The summed E-state index contributed by atoms with van der Waals surface area (Å²) in [4.78, 5) is 5.74. The lowest BCUT2D eigenvalue weighted by atomic mass is 10.3. The van der Waals surface area contributed by atoms with Gasteiger partial charge in [0.25, 0.3) is 0 Å². The first-order valence-corrected chi connectivity index (χ1v) is 7.90. The van der Waals surface area contributed by atoms with Gasteiger partial charge in [-0.15, -0.1) is 11.3 Å². The summed E-state index contributed by atoms with van der Waals surface area (Å²) in [5.41, 5.74) is 2.25. The van der Waals surface area contributed by atoms with Gasteiger partial charge < -0.3 is 5.32 Å². The highest BCUT2D eigenvalue weighted by Gasteiger charge is 2.02. The number of hydrogen-bond acceptors (Lipinski definition) is 4. The molecule has 0 saturated carbocycles. The number of rotatable bonds is 6. The van der Waals surface area contributed by atoms with E-state index in [1.165, 1.54) is 10.4 Å². The molecule has 4 nitrogen and oxygen atoms in total. The number of thiazole rings is 1. The van der Waals surface area contributed by atoms with Gasteiger partial charge in [0.1, 0.15) is 5.01 Å². The number of benzene rings is 1. The molecule has 3 aromatic rings. The number of hydrogen-bond donors (Lipinski definition) is 1. The van der Waals surface area contributed by atoms with Crippen molar-refractivity contribution in [3.05, 3.63) is 64.4 Å². The average Bonchev–Trinajstić information content (AvgIpc) is 3.17. The molecule has 0 amide bonds. The minimum Gasteiger partial charge on any atom is -0.306 e. The van der Waals surface area contributed by atoms with Crippen molar-refractivity contribution in [3.8, 4) is 5.69 Å². The van der Waals surface area contributed by atoms with Crippen LogP contribution in [0.4, 0.5) is 0 Å². The van der Waals surface area contributed by atoms with Crippen molar-refractivity contribution in [2.75, 3.05) is 0 Å². The molecular formula is C16H18N4S. The van der Waals surface area contributed by atoms with Crippen molar-refractivity contribution in [1.29, 1.82) is 0 Å². The van der Waals surface area contributed by atoms with Gasteiger partial charge in [0.15, 0.2) is 0 Å². The SMILES string of the molecule is CCc1cnc(CNCc2cnn(-c3ccccc3)c2)s1. The molecule has 0 fully saturated rings. The maximum atomic E-state index is 4.41. The first kappa shape index (κ1) is 14.0. The molecule has 3 rings (SSSR count). The summed E-state index contributed by atoms with van der Waals surface area (Å²) in [6.45, 7) is 3.76. The standard InChI is InChI=1S/C16H18N4S/c1-2-15-10-18-16(21-15)11-17-8-13-9-19-20(12-13)14-6-4-3-5-7-14/h3-7,9-10,12,17H,2,8,11H2,1H3. The van der Waals surface area contributed by atoms with Crippen molar-refractivity contribution in [3.63, 3.8) is 0 Å². The summed E-state index contributed by atoms with van der Waals surface area (Å²) in [5.74, 6) is 0. The predicted octanol–water partition coefficient (Wildman–Crippen LogP) is 3.18. The molecule has 108 valence electrons. The summed E-state index contributed by atoms with van der Waals surface area (Å²) in [6.07, 6.45) is 6.98. The lowest BCUT2D eigenvalue weighted by molar-refractivity contribution is 0.690. The molecule has 1 N–H and O–H groups in total. The number of nitrogens with one attached hydrogen (secondary N) is 1. The van der Waals surface area contributed by atoms with E-state index in [2.05, 4.69) is 28.5 Å². The lowest BCUT2D eigenvalue weighted by Gasteiger charge is -2.00. The topological polar surface area (TPSA) is 42.7 Å².